The summed E-state index contributed by atoms with van der Waals surface area (Å²) in [6.07, 6.45) is 1.73. The summed E-state index contributed by atoms with van der Waals surface area (Å²) in [7, 11) is 0. The van der Waals surface area contributed by atoms with E-state index >= 15 is 0 Å². The molecule has 2 N–H and O–H groups in total. The van der Waals surface area contributed by atoms with Crippen molar-refractivity contribution >= 4 is 11.6 Å². The smallest absolute Gasteiger partial charge is 0.387 e. The van der Waals surface area contributed by atoms with Crippen LogP contribution in [0.15, 0.2) is 71.7 Å². The molecule has 0 bridgehead atoms. The third-order valence-electron chi connectivity index (χ3n) is 4.91. The number of carbonyl (C=O) groups excluding carboxylic acids is 1. The number of nitrogens with zero attached hydrogens (tertiary/aromatic N) is 3. The number of rotatable bonds is 7. The Morgan fingerprint density at radius 3 is 2.64 bits per heavy atom. The fourth-order valence-electron chi connectivity index (χ4n) is 3.34. The standard InChI is InChI=1S/C23H19F2N5O3/c1-14-18(13-26-30(14)20-9-10-21(31)29-28-20)22(32)27-17-7-8-19(33-23(24)25)16(12-17)11-15-5-3-2-4-6-15/h2-10,12-13,23H,11H2,1H3,(H,27,32)(H,29,31). The highest BCUT2D eigenvalue weighted by atomic mass is 19.3. The number of H-pyrrole nitrogens is 1. The minimum atomic E-state index is -2.96. The van der Waals surface area contributed by atoms with Crippen LogP contribution >= 0.6 is 0 Å². The number of halogens is 2. The minimum Gasteiger partial charge on any atom is -0.435 e. The van der Waals surface area contributed by atoms with Crippen LogP contribution in [0, 0.1) is 6.92 Å². The number of amides is 1. The van der Waals surface area contributed by atoms with Crippen LogP contribution < -0.4 is 15.6 Å². The molecular weight excluding hydrogens is 432 g/mol. The van der Waals surface area contributed by atoms with Crippen molar-refractivity contribution < 1.29 is 18.3 Å². The Morgan fingerprint density at radius 2 is 1.94 bits per heavy atom. The second kappa shape index (κ2) is 9.43. The Labute approximate surface area is 186 Å². The molecule has 0 atom stereocenters. The van der Waals surface area contributed by atoms with Crippen LogP contribution in [0.25, 0.3) is 5.82 Å². The highest BCUT2D eigenvalue weighted by Gasteiger charge is 2.17. The topological polar surface area (TPSA) is 102 Å². The number of aromatic amines is 1. The summed E-state index contributed by atoms with van der Waals surface area (Å²) >= 11 is 0. The van der Waals surface area contributed by atoms with Crippen LogP contribution in [-0.4, -0.2) is 32.5 Å². The van der Waals surface area contributed by atoms with Crippen molar-refractivity contribution in [2.75, 3.05) is 5.32 Å². The molecule has 1 amide bonds. The number of nitrogens with one attached hydrogen (secondary N) is 2. The van der Waals surface area contributed by atoms with Crippen molar-refractivity contribution in [3.05, 3.63) is 99.6 Å². The first-order valence-electron chi connectivity index (χ1n) is 9.94. The summed E-state index contributed by atoms with van der Waals surface area (Å²) in [6, 6.07) is 16.6. The molecule has 2 aromatic carbocycles. The molecule has 0 radical (unpaired) electrons. The number of hydrogen-bond acceptors (Lipinski definition) is 5. The van der Waals surface area contributed by atoms with Crippen LogP contribution in [0.4, 0.5) is 14.5 Å². The molecule has 8 nitrogen and oxygen atoms in total. The van der Waals surface area contributed by atoms with Crippen LogP contribution in [0.3, 0.4) is 0 Å². The molecule has 0 spiro atoms. The van der Waals surface area contributed by atoms with E-state index in [0.717, 1.165) is 5.56 Å². The largest absolute Gasteiger partial charge is 0.435 e. The Balaban J connectivity index is 1.58. The summed E-state index contributed by atoms with van der Waals surface area (Å²) in [4.78, 5) is 24.1. The highest BCUT2D eigenvalue weighted by molar-refractivity contribution is 6.05. The van der Waals surface area contributed by atoms with Gasteiger partial charge in [0.15, 0.2) is 5.82 Å². The fraction of sp³-hybridized carbons (Fsp3) is 0.130. The molecule has 0 saturated carbocycles. The molecule has 0 aliphatic rings. The number of carbonyl (C=O) groups is 1. The lowest BCUT2D eigenvalue weighted by Gasteiger charge is -2.13. The van der Waals surface area contributed by atoms with E-state index in [4.69, 9.17) is 0 Å². The van der Waals surface area contributed by atoms with Gasteiger partial charge in [0.25, 0.3) is 11.5 Å². The van der Waals surface area contributed by atoms with E-state index in [1.54, 1.807) is 13.0 Å². The Hall–Kier alpha value is -4.34. The second-order valence-corrected chi connectivity index (χ2v) is 7.15. The minimum absolute atomic E-state index is 0.0417. The highest BCUT2D eigenvalue weighted by Crippen LogP contribution is 2.27. The molecule has 168 valence electrons. The van der Waals surface area contributed by atoms with Crippen molar-refractivity contribution in [3.8, 4) is 11.6 Å². The van der Waals surface area contributed by atoms with Gasteiger partial charge in [0.1, 0.15) is 5.75 Å². The molecule has 2 heterocycles. The Morgan fingerprint density at radius 1 is 1.15 bits per heavy atom. The van der Waals surface area contributed by atoms with Crippen molar-refractivity contribution in [1.82, 2.24) is 20.0 Å². The van der Waals surface area contributed by atoms with Gasteiger partial charge in [0.2, 0.25) is 0 Å². The zero-order chi connectivity index (χ0) is 23.4. The molecule has 0 saturated heterocycles. The first kappa shape index (κ1) is 21.9. The number of alkyl halides is 2. The van der Waals surface area contributed by atoms with Crippen LogP contribution in [0.2, 0.25) is 0 Å². The quantitative estimate of drug-likeness (QED) is 0.446. The summed E-state index contributed by atoms with van der Waals surface area (Å²) in [5.41, 5.74) is 2.28. The summed E-state index contributed by atoms with van der Waals surface area (Å²) in [6.45, 7) is -1.27. The van der Waals surface area contributed by atoms with Gasteiger partial charge in [-0.2, -0.15) is 19.0 Å². The lowest BCUT2D eigenvalue weighted by atomic mass is 10.0. The van der Waals surface area contributed by atoms with Crippen LogP contribution in [0.5, 0.6) is 5.75 Å². The summed E-state index contributed by atoms with van der Waals surface area (Å²) in [5, 5.41) is 13.2. The van der Waals surface area contributed by atoms with Gasteiger partial charge in [0, 0.05) is 23.7 Å². The van der Waals surface area contributed by atoms with Gasteiger partial charge in [-0.3, -0.25) is 9.59 Å². The van der Waals surface area contributed by atoms with Gasteiger partial charge < -0.3 is 10.1 Å². The molecule has 0 unspecified atom stereocenters. The molecule has 33 heavy (non-hydrogen) atoms. The molecule has 2 aromatic heterocycles. The monoisotopic (exact) mass is 451 g/mol. The first-order valence-corrected chi connectivity index (χ1v) is 9.94. The summed E-state index contributed by atoms with van der Waals surface area (Å²) < 4.78 is 31.8. The van der Waals surface area contributed by atoms with E-state index in [1.165, 1.54) is 35.1 Å². The van der Waals surface area contributed by atoms with Crippen molar-refractivity contribution in [3.63, 3.8) is 0 Å². The third-order valence-corrected chi connectivity index (χ3v) is 4.91. The zero-order valence-electron chi connectivity index (χ0n) is 17.5. The van der Waals surface area contributed by atoms with E-state index < -0.39 is 12.5 Å². The van der Waals surface area contributed by atoms with E-state index in [9.17, 15) is 18.4 Å². The second-order valence-electron chi connectivity index (χ2n) is 7.15. The van der Waals surface area contributed by atoms with E-state index in [1.807, 2.05) is 30.3 Å². The lowest BCUT2D eigenvalue weighted by molar-refractivity contribution is -0.0503. The van der Waals surface area contributed by atoms with Crippen molar-refractivity contribution in [1.29, 1.82) is 0 Å². The molecule has 4 aromatic rings. The number of anilines is 1. The average Bonchev–Trinajstić information content (AvgIpc) is 3.18. The molecular formula is C23H19F2N5O3. The fourth-order valence-corrected chi connectivity index (χ4v) is 3.34. The van der Waals surface area contributed by atoms with Crippen LogP contribution in [-0.2, 0) is 6.42 Å². The maximum absolute atomic E-state index is 12.9. The Bertz CT molecular complexity index is 1320. The SMILES string of the molecule is Cc1c(C(=O)Nc2ccc(OC(F)F)c(Cc3ccccc3)c2)cnn1-c1ccc(=O)[nH]n1. The molecule has 0 aliphatic heterocycles. The predicted molar refractivity (Wildman–Crippen MR) is 117 cm³/mol. The van der Waals surface area contributed by atoms with Gasteiger partial charge >= 0.3 is 6.61 Å². The number of benzene rings is 2. The van der Waals surface area contributed by atoms with E-state index in [0.29, 0.717) is 34.7 Å². The maximum atomic E-state index is 12.9. The lowest BCUT2D eigenvalue weighted by Crippen LogP contribution is -2.14. The van der Waals surface area contributed by atoms with Crippen molar-refractivity contribution in [2.24, 2.45) is 0 Å². The maximum Gasteiger partial charge on any atom is 0.387 e. The van der Waals surface area contributed by atoms with Gasteiger partial charge in [-0.05, 0) is 36.8 Å². The molecule has 4 rings (SSSR count). The van der Waals surface area contributed by atoms with Gasteiger partial charge in [0.05, 0.1) is 17.5 Å². The first-order chi connectivity index (χ1) is 15.9. The Kier molecular flexibility index (Phi) is 6.25. The molecule has 0 fully saturated rings. The van der Waals surface area contributed by atoms with E-state index in [2.05, 4.69) is 25.3 Å². The normalized spacial score (nSPS) is 10.9. The summed E-state index contributed by atoms with van der Waals surface area (Å²) in [5.74, 6) is -0.0406. The average molecular weight is 451 g/mol. The van der Waals surface area contributed by atoms with Gasteiger partial charge in [-0.25, -0.2) is 9.78 Å². The number of hydrogen-bond donors (Lipinski definition) is 2. The molecule has 0 aliphatic carbocycles. The van der Waals surface area contributed by atoms with Crippen LogP contribution in [0.1, 0.15) is 27.2 Å². The number of ether oxygens (including phenoxy) is 1. The number of aromatic nitrogens is 4. The predicted octanol–water partition coefficient (Wildman–Crippen LogP) is 3.71. The van der Waals surface area contributed by atoms with Crippen molar-refractivity contribution in [2.45, 2.75) is 20.0 Å². The van der Waals surface area contributed by atoms with Gasteiger partial charge in [-0.15, -0.1) is 0 Å². The molecule has 10 heteroatoms. The van der Waals surface area contributed by atoms with Gasteiger partial charge in [-0.1, -0.05) is 30.3 Å². The van der Waals surface area contributed by atoms with E-state index in [-0.39, 0.29) is 11.3 Å². The zero-order valence-corrected chi connectivity index (χ0v) is 17.5. The third kappa shape index (κ3) is 5.12.